The van der Waals surface area contributed by atoms with Crippen LogP contribution in [0, 0.1) is 5.41 Å². The van der Waals surface area contributed by atoms with Gasteiger partial charge in [0.05, 0.1) is 23.3 Å². The Balaban J connectivity index is 1.23. The maximum atomic E-state index is 13.9. The quantitative estimate of drug-likeness (QED) is 0.666. The summed E-state index contributed by atoms with van der Waals surface area (Å²) in [6.07, 6.45) is 9.84. The van der Waals surface area contributed by atoms with Gasteiger partial charge in [0.1, 0.15) is 5.52 Å². The van der Waals surface area contributed by atoms with Gasteiger partial charge in [-0.1, -0.05) is 0 Å². The van der Waals surface area contributed by atoms with E-state index in [0.29, 0.717) is 42.8 Å². The highest BCUT2D eigenvalue weighted by atomic mass is 19.3. The fraction of sp³-hybridized carbons (Fsp3) is 0.545. The molecule has 1 N–H and O–H groups in total. The first-order valence-corrected chi connectivity index (χ1v) is 11.2. The second kappa shape index (κ2) is 7.06. The number of rotatable bonds is 4. The highest BCUT2D eigenvalue weighted by Crippen LogP contribution is 2.65. The number of fused-ring (bicyclic) bond motifs is 1. The molecule has 10 heteroatoms. The van der Waals surface area contributed by atoms with Crippen LogP contribution in [-0.4, -0.2) is 68.8 Å². The van der Waals surface area contributed by atoms with E-state index in [1.807, 2.05) is 21.8 Å². The third kappa shape index (κ3) is 3.28. The first kappa shape index (κ1) is 19.8. The number of pyridine rings is 1. The molecule has 0 amide bonds. The van der Waals surface area contributed by atoms with E-state index < -0.39 is 11.3 Å². The van der Waals surface area contributed by atoms with Crippen LogP contribution in [-0.2, 0) is 0 Å². The lowest BCUT2D eigenvalue weighted by Gasteiger charge is -2.28. The van der Waals surface area contributed by atoms with Crippen molar-refractivity contribution in [1.29, 1.82) is 0 Å². The zero-order valence-electron chi connectivity index (χ0n) is 18.0. The van der Waals surface area contributed by atoms with Crippen LogP contribution in [0.5, 0.6) is 0 Å². The summed E-state index contributed by atoms with van der Waals surface area (Å²) in [5, 5.41) is 8.61. The molecular formula is C22H26F2N8. The molecule has 1 aliphatic carbocycles. The van der Waals surface area contributed by atoms with Gasteiger partial charge < -0.3 is 15.1 Å². The highest BCUT2D eigenvalue weighted by Gasteiger charge is 2.72. The van der Waals surface area contributed by atoms with Crippen molar-refractivity contribution >= 4 is 28.4 Å². The Morgan fingerprint density at radius 1 is 1.12 bits per heavy atom. The third-order valence-electron chi connectivity index (χ3n) is 7.26. The molecule has 168 valence electrons. The number of alkyl halides is 2. The van der Waals surface area contributed by atoms with E-state index in [4.69, 9.17) is 4.98 Å². The molecule has 1 spiro atoms. The Hall–Kier alpha value is -2.88. The molecule has 0 radical (unpaired) electrons. The number of anilines is 3. The molecule has 8 nitrogen and oxygen atoms in total. The molecule has 6 rings (SSSR count). The van der Waals surface area contributed by atoms with Gasteiger partial charge in [0.2, 0.25) is 5.95 Å². The van der Waals surface area contributed by atoms with Crippen molar-refractivity contribution in [3.63, 3.8) is 0 Å². The Bertz CT molecular complexity index is 1160. The van der Waals surface area contributed by atoms with Crippen LogP contribution in [0.2, 0.25) is 0 Å². The number of nitrogens with one attached hydrogen (secondary N) is 1. The van der Waals surface area contributed by atoms with E-state index in [9.17, 15) is 8.78 Å². The lowest BCUT2D eigenvalue weighted by Crippen LogP contribution is -2.31. The van der Waals surface area contributed by atoms with Crippen molar-refractivity contribution in [3.8, 4) is 0 Å². The van der Waals surface area contributed by atoms with Crippen molar-refractivity contribution in [2.24, 2.45) is 5.41 Å². The van der Waals surface area contributed by atoms with E-state index >= 15 is 0 Å². The molecule has 2 saturated heterocycles. The number of likely N-dealkylation sites (tertiary alicyclic amines) is 1. The van der Waals surface area contributed by atoms with E-state index in [1.54, 1.807) is 18.6 Å². The molecule has 3 aromatic heterocycles. The van der Waals surface area contributed by atoms with Gasteiger partial charge in [-0.05, 0) is 45.5 Å². The van der Waals surface area contributed by atoms with Gasteiger partial charge in [0, 0.05) is 43.5 Å². The summed E-state index contributed by atoms with van der Waals surface area (Å²) in [6, 6.07) is 2.25. The first-order chi connectivity index (χ1) is 15.4. The van der Waals surface area contributed by atoms with Gasteiger partial charge in [0.25, 0.3) is 5.92 Å². The molecule has 3 aromatic rings. The second-order valence-corrected chi connectivity index (χ2v) is 9.47. The smallest absolute Gasteiger partial charge is 0.256 e. The fourth-order valence-electron chi connectivity index (χ4n) is 5.10. The van der Waals surface area contributed by atoms with E-state index in [1.165, 1.54) is 0 Å². The molecule has 5 heterocycles. The number of piperidine rings is 1. The van der Waals surface area contributed by atoms with E-state index in [2.05, 4.69) is 32.3 Å². The summed E-state index contributed by atoms with van der Waals surface area (Å²) in [7, 11) is 2.14. The van der Waals surface area contributed by atoms with Gasteiger partial charge in [-0.25, -0.2) is 23.7 Å². The summed E-state index contributed by atoms with van der Waals surface area (Å²) >= 11 is 0. The lowest BCUT2D eigenvalue weighted by molar-refractivity contribution is 0.0711. The standard InChI is InChI=1S/C22H26F2N8/c1-30-7-3-17(4-8-30)32-12-16(11-27-32)28-20-26-10-15-2-6-25-19(18(15)29-20)31-9-5-21(14-31)13-22(21,23)24/h2,6,10-12,17H,3-5,7-9,13-14H2,1H3,(H,26,28,29). The average molecular weight is 441 g/mol. The third-order valence-corrected chi connectivity index (χ3v) is 7.26. The minimum atomic E-state index is -2.55. The summed E-state index contributed by atoms with van der Waals surface area (Å²) in [6.45, 7) is 3.03. The molecule has 0 bridgehead atoms. The number of hydrogen-bond donors (Lipinski definition) is 1. The SMILES string of the molecule is CN1CCC(n2cc(Nc3ncc4ccnc(N5CCC6(C5)CC6(F)F)c4n3)cn2)CC1. The van der Waals surface area contributed by atoms with Crippen molar-refractivity contribution < 1.29 is 8.78 Å². The number of halogens is 2. The average Bonchev–Trinajstić information content (AvgIpc) is 3.16. The van der Waals surface area contributed by atoms with Gasteiger partial charge in [-0.15, -0.1) is 0 Å². The van der Waals surface area contributed by atoms with Crippen molar-refractivity contribution in [1.82, 2.24) is 29.6 Å². The minimum absolute atomic E-state index is 0.0235. The predicted molar refractivity (Wildman–Crippen MR) is 117 cm³/mol. The molecular weight excluding hydrogens is 414 g/mol. The van der Waals surface area contributed by atoms with Gasteiger partial charge in [-0.2, -0.15) is 5.10 Å². The van der Waals surface area contributed by atoms with Crippen LogP contribution in [0.3, 0.4) is 0 Å². The predicted octanol–water partition coefficient (Wildman–Crippen LogP) is 3.47. The zero-order valence-corrected chi connectivity index (χ0v) is 18.0. The van der Waals surface area contributed by atoms with E-state index in [-0.39, 0.29) is 6.42 Å². The first-order valence-electron chi connectivity index (χ1n) is 11.2. The summed E-state index contributed by atoms with van der Waals surface area (Å²) in [5.74, 6) is -1.46. The molecule has 2 aliphatic heterocycles. The highest BCUT2D eigenvalue weighted by molar-refractivity contribution is 5.89. The topological polar surface area (TPSA) is 75.0 Å². The molecule has 0 aromatic carbocycles. The van der Waals surface area contributed by atoms with Crippen LogP contribution >= 0.6 is 0 Å². The molecule has 1 unspecified atom stereocenters. The van der Waals surface area contributed by atoms with Crippen molar-refractivity contribution in [2.75, 3.05) is 43.4 Å². The lowest BCUT2D eigenvalue weighted by atomic mass is 10.1. The monoisotopic (exact) mass is 440 g/mol. The normalized spacial score (nSPS) is 25.7. The van der Waals surface area contributed by atoms with Gasteiger partial charge >= 0.3 is 0 Å². The molecule has 3 fully saturated rings. The maximum absolute atomic E-state index is 13.9. The maximum Gasteiger partial charge on any atom is 0.256 e. The minimum Gasteiger partial charge on any atom is -0.354 e. The molecule has 1 saturated carbocycles. The Labute approximate surface area is 184 Å². The summed E-state index contributed by atoms with van der Waals surface area (Å²) < 4.78 is 29.7. The summed E-state index contributed by atoms with van der Waals surface area (Å²) in [5.41, 5.74) is 0.619. The van der Waals surface area contributed by atoms with Crippen LogP contribution in [0.4, 0.5) is 26.2 Å². The second-order valence-electron chi connectivity index (χ2n) is 9.47. The van der Waals surface area contributed by atoms with E-state index in [0.717, 1.165) is 37.0 Å². The Kier molecular flexibility index (Phi) is 4.36. The Morgan fingerprint density at radius 3 is 2.69 bits per heavy atom. The van der Waals surface area contributed by atoms with Crippen LogP contribution in [0.15, 0.2) is 30.9 Å². The number of aromatic nitrogens is 5. The number of nitrogens with zero attached hydrogens (tertiary/aromatic N) is 7. The zero-order chi connectivity index (χ0) is 21.9. The molecule has 1 atom stereocenters. The fourth-order valence-corrected chi connectivity index (χ4v) is 5.10. The van der Waals surface area contributed by atoms with Gasteiger partial charge in [0.15, 0.2) is 5.82 Å². The number of hydrogen-bond acceptors (Lipinski definition) is 7. The summed E-state index contributed by atoms with van der Waals surface area (Å²) in [4.78, 5) is 17.9. The van der Waals surface area contributed by atoms with Crippen LogP contribution < -0.4 is 10.2 Å². The molecule has 32 heavy (non-hydrogen) atoms. The van der Waals surface area contributed by atoms with Crippen LogP contribution in [0.25, 0.3) is 10.9 Å². The van der Waals surface area contributed by atoms with Crippen molar-refractivity contribution in [3.05, 3.63) is 30.9 Å². The molecule has 3 aliphatic rings. The van der Waals surface area contributed by atoms with Crippen molar-refractivity contribution in [2.45, 2.75) is 37.6 Å². The Morgan fingerprint density at radius 2 is 1.94 bits per heavy atom. The van der Waals surface area contributed by atoms with Crippen LogP contribution in [0.1, 0.15) is 31.7 Å². The largest absolute Gasteiger partial charge is 0.354 e. The van der Waals surface area contributed by atoms with Gasteiger partial charge in [-0.3, -0.25) is 4.68 Å².